The minimum atomic E-state index is -0.0356. The molecule has 0 saturated heterocycles. The van der Waals surface area contributed by atoms with Gasteiger partial charge in [-0.3, -0.25) is 9.78 Å². The van der Waals surface area contributed by atoms with Crippen molar-refractivity contribution in [3.05, 3.63) is 71.2 Å². The van der Waals surface area contributed by atoms with Crippen LogP contribution in [0, 0.1) is 13.8 Å². The summed E-state index contributed by atoms with van der Waals surface area (Å²) >= 11 is 0. The van der Waals surface area contributed by atoms with Crippen molar-refractivity contribution in [3.63, 3.8) is 0 Å². The largest absolute Gasteiger partial charge is 0.340 e. The number of fused-ring (bicyclic) bond motifs is 2. The molecule has 4 rings (SSSR count). The van der Waals surface area contributed by atoms with Gasteiger partial charge in [-0.2, -0.15) is 0 Å². The lowest BCUT2D eigenvalue weighted by atomic mass is 10.0. The third-order valence-corrected chi connectivity index (χ3v) is 4.49. The summed E-state index contributed by atoms with van der Waals surface area (Å²) in [5.74, 6) is 0.736. The second-order valence-electron chi connectivity index (χ2n) is 6.69. The Kier molecular flexibility index (Phi) is 3.92. The minimum absolute atomic E-state index is 0.0356. The van der Waals surface area contributed by atoms with E-state index in [9.17, 15) is 4.79 Å². The van der Waals surface area contributed by atoms with Crippen LogP contribution in [0.5, 0.6) is 0 Å². The Morgan fingerprint density at radius 3 is 2.65 bits per heavy atom. The van der Waals surface area contributed by atoms with Gasteiger partial charge in [0.25, 0.3) is 5.91 Å². The van der Waals surface area contributed by atoms with E-state index in [1.807, 2.05) is 62.4 Å². The van der Waals surface area contributed by atoms with Crippen molar-refractivity contribution in [3.8, 4) is 0 Å². The van der Waals surface area contributed by atoms with Gasteiger partial charge in [0.15, 0.2) is 0 Å². The predicted molar refractivity (Wildman–Crippen MR) is 103 cm³/mol. The third-order valence-electron chi connectivity index (χ3n) is 4.49. The molecule has 0 aliphatic heterocycles. The monoisotopic (exact) mass is 344 g/mol. The molecule has 0 saturated carbocycles. The quantitative estimate of drug-likeness (QED) is 0.611. The number of aromatic nitrogens is 3. The van der Waals surface area contributed by atoms with Crippen molar-refractivity contribution >= 4 is 27.8 Å². The lowest BCUT2D eigenvalue weighted by Gasteiger charge is -2.17. The Morgan fingerprint density at radius 1 is 1.04 bits per heavy atom. The van der Waals surface area contributed by atoms with Crippen molar-refractivity contribution in [2.75, 3.05) is 7.05 Å². The van der Waals surface area contributed by atoms with E-state index in [0.717, 1.165) is 39.0 Å². The van der Waals surface area contributed by atoms with Crippen LogP contribution in [-0.4, -0.2) is 32.8 Å². The number of para-hydroxylation sites is 2. The van der Waals surface area contributed by atoms with Gasteiger partial charge in [0.1, 0.15) is 5.82 Å². The standard InChI is InChI=1S/C21H20N4O/c1-13-8-9-17-15(10-13)16(11-14(2)22-17)21(26)25(3)12-20-23-18-6-4-5-7-19(18)24-20/h4-11H,12H2,1-3H3,(H,23,24). The zero-order valence-electron chi connectivity index (χ0n) is 15.1. The number of imidazole rings is 1. The first kappa shape index (κ1) is 16.3. The molecule has 26 heavy (non-hydrogen) atoms. The average Bonchev–Trinajstić information content (AvgIpc) is 3.03. The smallest absolute Gasteiger partial charge is 0.254 e. The zero-order valence-corrected chi connectivity index (χ0v) is 15.1. The molecule has 0 aliphatic carbocycles. The summed E-state index contributed by atoms with van der Waals surface area (Å²) in [6, 6.07) is 15.7. The van der Waals surface area contributed by atoms with Crippen LogP contribution in [-0.2, 0) is 6.54 Å². The number of H-pyrrole nitrogens is 1. The first-order valence-electron chi connectivity index (χ1n) is 8.58. The molecule has 2 heterocycles. The highest BCUT2D eigenvalue weighted by atomic mass is 16.2. The van der Waals surface area contributed by atoms with E-state index >= 15 is 0 Å². The SMILES string of the molecule is Cc1ccc2nc(C)cc(C(=O)N(C)Cc3nc4ccccc4[nH]3)c2c1. The fourth-order valence-electron chi connectivity index (χ4n) is 3.23. The number of aryl methyl sites for hydroxylation is 2. The summed E-state index contributed by atoms with van der Waals surface area (Å²) in [5, 5.41) is 0.886. The molecule has 0 fully saturated rings. The number of nitrogens with one attached hydrogen (secondary N) is 1. The lowest BCUT2D eigenvalue weighted by molar-refractivity contribution is 0.0783. The van der Waals surface area contributed by atoms with Gasteiger partial charge >= 0.3 is 0 Å². The summed E-state index contributed by atoms with van der Waals surface area (Å²) < 4.78 is 0. The molecule has 2 aromatic heterocycles. The van der Waals surface area contributed by atoms with Crippen molar-refractivity contribution in [1.82, 2.24) is 19.9 Å². The summed E-state index contributed by atoms with van der Waals surface area (Å²) in [7, 11) is 1.80. The Balaban J connectivity index is 1.68. The zero-order chi connectivity index (χ0) is 18.3. The molecule has 1 N–H and O–H groups in total. The predicted octanol–water partition coefficient (Wildman–Crippen LogP) is 4.00. The summed E-state index contributed by atoms with van der Waals surface area (Å²) in [6.07, 6.45) is 0. The highest BCUT2D eigenvalue weighted by Gasteiger charge is 2.18. The number of carbonyl (C=O) groups is 1. The molecule has 130 valence electrons. The van der Waals surface area contributed by atoms with Gasteiger partial charge < -0.3 is 9.88 Å². The molecule has 0 aliphatic rings. The van der Waals surface area contributed by atoms with Crippen molar-refractivity contribution in [2.24, 2.45) is 0 Å². The van der Waals surface area contributed by atoms with Gasteiger partial charge in [-0.15, -0.1) is 0 Å². The molecule has 1 amide bonds. The fourth-order valence-corrected chi connectivity index (χ4v) is 3.23. The molecule has 0 bridgehead atoms. The van der Waals surface area contributed by atoms with E-state index in [4.69, 9.17) is 0 Å². The number of nitrogens with zero attached hydrogens (tertiary/aromatic N) is 3. The topological polar surface area (TPSA) is 61.9 Å². The molecule has 5 heteroatoms. The Hall–Kier alpha value is -3.21. The van der Waals surface area contributed by atoms with Crippen LogP contribution >= 0.6 is 0 Å². The second kappa shape index (κ2) is 6.26. The Bertz CT molecular complexity index is 1100. The molecule has 0 unspecified atom stereocenters. The molecule has 0 radical (unpaired) electrons. The lowest BCUT2D eigenvalue weighted by Crippen LogP contribution is -2.27. The highest BCUT2D eigenvalue weighted by molar-refractivity contribution is 6.06. The van der Waals surface area contributed by atoms with Crippen LogP contribution in [0.15, 0.2) is 48.5 Å². The number of carbonyl (C=O) groups excluding carboxylic acids is 1. The van der Waals surface area contributed by atoms with Crippen molar-refractivity contribution < 1.29 is 4.79 Å². The molecular formula is C21H20N4O. The summed E-state index contributed by atoms with van der Waals surface area (Å²) in [5.41, 5.74) is 5.35. The van der Waals surface area contributed by atoms with E-state index in [0.29, 0.717) is 12.1 Å². The van der Waals surface area contributed by atoms with Crippen LogP contribution < -0.4 is 0 Å². The van der Waals surface area contributed by atoms with Gasteiger partial charge in [0.2, 0.25) is 0 Å². The van der Waals surface area contributed by atoms with E-state index in [1.54, 1.807) is 11.9 Å². The van der Waals surface area contributed by atoms with Crippen LogP contribution in [0.1, 0.15) is 27.4 Å². The number of amides is 1. The third kappa shape index (κ3) is 2.92. The van der Waals surface area contributed by atoms with Gasteiger partial charge in [-0.25, -0.2) is 4.98 Å². The van der Waals surface area contributed by atoms with Crippen LogP contribution in [0.25, 0.3) is 21.9 Å². The Labute approximate surface area is 151 Å². The second-order valence-corrected chi connectivity index (χ2v) is 6.69. The van der Waals surface area contributed by atoms with Crippen LogP contribution in [0.3, 0.4) is 0 Å². The van der Waals surface area contributed by atoms with E-state index in [-0.39, 0.29) is 5.91 Å². The van der Waals surface area contributed by atoms with Gasteiger partial charge in [-0.1, -0.05) is 23.8 Å². The molecule has 4 aromatic rings. The van der Waals surface area contributed by atoms with Gasteiger partial charge in [-0.05, 0) is 44.2 Å². The maximum Gasteiger partial charge on any atom is 0.254 e. The number of benzene rings is 2. The molecule has 0 atom stereocenters. The first-order chi connectivity index (χ1) is 12.5. The number of hydrogen-bond acceptors (Lipinski definition) is 3. The van der Waals surface area contributed by atoms with Crippen LogP contribution in [0.2, 0.25) is 0 Å². The fraction of sp³-hybridized carbons (Fsp3) is 0.190. The van der Waals surface area contributed by atoms with E-state index < -0.39 is 0 Å². The molecular weight excluding hydrogens is 324 g/mol. The van der Waals surface area contributed by atoms with E-state index in [1.165, 1.54) is 0 Å². The maximum absolute atomic E-state index is 13.1. The maximum atomic E-state index is 13.1. The Morgan fingerprint density at radius 2 is 1.85 bits per heavy atom. The molecule has 2 aromatic carbocycles. The normalized spacial score (nSPS) is 11.2. The molecule has 5 nitrogen and oxygen atoms in total. The number of rotatable bonds is 3. The van der Waals surface area contributed by atoms with Crippen molar-refractivity contribution in [1.29, 1.82) is 0 Å². The molecule has 0 spiro atoms. The average molecular weight is 344 g/mol. The number of hydrogen-bond donors (Lipinski definition) is 1. The first-order valence-corrected chi connectivity index (χ1v) is 8.58. The van der Waals surface area contributed by atoms with Gasteiger partial charge in [0, 0.05) is 18.1 Å². The highest BCUT2D eigenvalue weighted by Crippen LogP contribution is 2.22. The van der Waals surface area contributed by atoms with Gasteiger partial charge in [0.05, 0.1) is 28.7 Å². The summed E-state index contributed by atoms with van der Waals surface area (Å²) in [4.78, 5) is 27.2. The summed E-state index contributed by atoms with van der Waals surface area (Å²) in [6.45, 7) is 4.35. The minimum Gasteiger partial charge on any atom is -0.340 e. The van der Waals surface area contributed by atoms with Crippen molar-refractivity contribution in [2.45, 2.75) is 20.4 Å². The number of pyridine rings is 1. The van der Waals surface area contributed by atoms with Crippen LogP contribution in [0.4, 0.5) is 0 Å². The van der Waals surface area contributed by atoms with E-state index in [2.05, 4.69) is 15.0 Å². The number of aromatic amines is 1.